The Labute approximate surface area is 87.8 Å². The number of hydrogen-bond donors (Lipinski definition) is 1. The van der Waals surface area contributed by atoms with Gasteiger partial charge in [-0.15, -0.1) is 0 Å². The van der Waals surface area contributed by atoms with E-state index in [1.165, 1.54) is 0 Å². The predicted molar refractivity (Wildman–Crippen MR) is 43.3 cm³/mol. The molecule has 92 valence electrons. The lowest BCUT2D eigenvalue weighted by Crippen LogP contribution is -2.47. The number of likely N-dealkylation sites (tertiary alicyclic amines) is 1. The van der Waals surface area contributed by atoms with Gasteiger partial charge in [-0.1, -0.05) is 0 Å². The second-order valence-electron chi connectivity index (χ2n) is 3.50. The number of carboxylic acid groups (broad SMARTS) is 1. The van der Waals surface area contributed by atoms with Crippen LogP contribution in [-0.2, 0) is 9.59 Å². The summed E-state index contributed by atoms with van der Waals surface area (Å²) >= 11 is 0. The van der Waals surface area contributed by atoms with Gasteiger partial charge in [0.1, 0.15) is 0 Å². The molecule has 0 aliphatic carbocycles. The van der Waals surface area contributed by atoms with Crippen molar-refractivity contribution in [2.75, 3.05) is 13.1 Å². The molecule has 0 radical (unpaired) electrons. The zero-order valence-electron chi connectivity index (χ0n) is 8.00. The molecule has 4 nitrogen and oxygen atoms in total. The standard InChI is InChI=1S/C8H9F4NO3/c9-6(10)8(11,12)7(16)13-2-1-4(3-13)5(14)15/h4,6H,1-3H2,(H,14,15). The van der Waals surface area contributed by atoms with Crippen molar-refractivity contribution in [2.45, 2.75) is 18.8 Å². The number of alkyl halides is 4. The molecular formula is C8H9F4NO3. The van der Waals surface area contributed by atoms with Crippen LogP contribution in [-0.4, -0.2) is 47.3 Å². The summed E-state index contributed by atoms with van der Waals surface area (Å²) in [5.41, 5.74) is 0. The fraction of sp³-hybridized carbons (Fsp3) is 0.750. The molecular weight excluding hydrogens is 234 g/mol. The van der Waals surface area contributed by atoms with E-state index in [-0.39, 0.29) is 13.0 Å². The monoisotopic (exact) mass is 243 g/mol. The molecule has 1 aliphatic heterocycles. The number of amides is 1. The van der Waals surface area contributed by atoms with E-state index >= 15 is 0 Å². The maximum Gasteiger partial charge on any atom is 0.383 e. The molecule has 0 aromatic carbocycles. The summed E-state index contributed by atoms with van der Waals surface area (Å²) in [4.78, 5) is 21.9. The van der Waals surface area contributed by atoms with E-state index in [1.54, 1.807) is 0 Å². The molecule has 1 aliphatic rings. The SMILES string of the molecule is O=C(O)C1CCN(C(=O)C(F)(F)C(F)F)C1. The van der Waals surface area contributed by atoms with Crippen LogP contribution in [0.1, 0.15) is 6.42 Å². The Balaban J connectivity index is 2.68. The van der Waals surface area contributed by atoms with Crippen molar-refractivity contribution in [3.63, 3.8) is 0 Å². The molecule has 0 spiro atoms. The zero-order valence-corrected chi connectivity index (χ0v) is 8.00. The molecule has 0 aromatic heterocycles. The molecule has 1 atom stereocenters. The molecule has 1 amide bonds. The van der Waals surface area contributed by atoms with Crippen molar-refractivity contribution in [3.05, 3.63) is 0 Å². The second-order valence-corrected chi connectivity index (χ2v) is 3.50. The van der Waals surface area contributed by atoms with Crippen LogP contribution in [0.2, 0.25) is 0 Å². The highest BCUT2D eigenvalue weighted by molar-refractivity contribution is 5.85. The number of aliphatic carboxylic acids is 1. The average molecular weight is 243 g/mol. The maximum atomic E-state index is 12.6. The van der Waals surface area contributed by atoms with E-state index in [0.29, 0.717) is 4.90 Å². The molecule has 1 fully saturated rings. The Morgan fingerprint density at radius 1 is 1.38 bits per heavy atom. The van der Waals surface area contributed by atoms with Crippen LogP contribution >= 0.6 is 0 Å². The minimum atomic E-state index is -4.74. The van der Waals surface area contributed by atoms with Crippen molar-refractivity contribution in [3.8, 4) is 0 Å². The number of halogens is 4. The van der Waals surface area contributed by atoms with E-state index in [0.717, 1.165) is 0 Å². The summed E-state index contributed by atoms with van der Waals surface area (Å²) in [6.07, 6.45) is -4.08. The number of rotatable bonds is 3. The van der Waals surface area contributed by atoms with Gasteiger partial charge in [-0.05, 0) is 6.42 Å². The van der Waals surface area contributed by atoms with E-state index in [9.17, 15) is 27.2 Å². The third kappa shape index (κ3) is 2.25. The summed E-state index contributed by atoms with van der Waals surface area (Å²) in [6, 6.07) is 0. The Hall–Kier alpha value is -1.34. The van der Waals surface area contributed by atoms with Gasteiger partial charge < -0.3 is 10.0 Å². The third-order valence-corrected chi connectivity index (χ3v) is 2.38. The lowest BCUT2D eigenvalue weighted by Gasteiger charge is -2.21. The van der Waals surface area contributed by atoms with Gasteiger partial charge in [0.2, 0.25) is 0 Å². The molecule has 16 heavy (non-hydrogen) atoms. The van der Waals surface area contributed by atoms with Gasteiger partial charge in [-0.2, -0.15) is 8.78 Å². The zero-order chi connectivity index (χ0) is 12.5. The van der Waals surface area contributed by atoms with Crippen LogP contribution in [0.3, 0.4) is 0 Å². The molecule has 1 unspecified atom stereocenters. The Morgan fingerprint density at radius 3 is 2.31 bits per heavy atom. The number of nitrogens with zero attached hydrogens (tertiary/aromatic N) is 1. The Morgan fingerprint density at radius 2 is 1.94 bits per heavy atom. The van der Waals surface area contributed by atoms with Crippen molar-refractivity contribution >= 4 is 11.9 Å². The molecule has 1 saturated heterocycles. The van der Waals surface area contributed by atoms with Crippen molar-refractivity contribution in [1.29, 1.82) is 0 Å². The van der Waals surface area contributed by atoms with Crippen molar-refractivity contribution < 1.29 is 32.3 Å². The fourth-order valence-electron chi connectivity index (χ4n) is 1.45. The summed E-state index contributed by atoms with van der Waals surface area (Å²) in [5.74, 6) is -8.94. The van der Waals surface area contributed by atoms with Gasteiger partial charge in [-0.3, -0.25) is 9.59 Å². The first kappa shape index (κ1) is 12.7. The molecule has 1 N–H and O–H groups in total. The lowest BCUT2D eigenvalue weighted by atomic mass is 10.1. The van der Waals surface area contributed by atoms with Crippen LogP contribution in [0.5, 0.6) is 0 Å². The van der Waals surface area contributed by atoms with Gasteiger partial charge >= 0.3 is 18.3 Å². The van der Waals surface area contributed by atoms with Crippen LogP contribution < -0.4 is 0 Å². The lowest BCUT2D eigenvalue weighted by molar-refractivity contribution is -0.179. The first-order valence-corrected chi connectivity index (χ1v) is 4.45. The maximum absolute atomic E-state index is 12.6. The minimum Gasteiger partial charge on any atom is -0.481 e. The molecule has 1 rings (SSSR count). The Kier molecular flexibility index (Phi) is 3.39. The first-order valence-electron chi connectivity index (χ1n) is 4.45. The molecule has 0 saturated carbocycles. The number of carbonyl (C=O) groups excluding carboxylic acids is 1. The highest BCUT2D eigenvalue weighted by Gasteiger charge is 2.52. The van der Waals surface area contributed by atoms with E-state index < -0.39 is 36.7 Å². The van der Waals surface area contributed by atoms with Gasteiger partial charge in [0.15, 0.2) is 0 Å². The molecule has 8 heteroatoms. The van der Waals surface area contributed by atoms with Crippen LogP contribution in [0.4, 0.5) is 17.6 Å². The van der Waals surface area contributed by atoms with Crippen LogP contribution in [0, 0.1) is 5.92 Å². The van der Waals surface area contributed by atoms with E-state index in [2.05, 4.69) is 0 Å². The van der Waals surface area contributed by atoms with Gasteiger partial charge in [-0.25, -0.2) is 8.78 Å². The smallest absolute Gasteiger partial charge is 0.383 e. The first-order chi connectivity index (χ1) is 7.26. The Bertz CT molecular complexity index is 308. The number of hydrogen-bond acceptors (Lipinski definition) is 2. The van der Waals surface area contributed by atoms with E-state index in [4.69, 9.17) is 5.11 Å². The largest absolute Gasteiger partial charge is 0.481 e. The summed E-state index contributed by atoms with van der Waals surface area (Å²) < 4.78 is 49.0. The number of carboxylic acids is 1. The fourth-order valence-corrected chi connectivity index (χ4v) is 1.45. The topological polar surface area (TPSA) is 57.6 Å². The van der Waals surface area contributed by atoms with Crippen molar-refractivity contribution in [1.82, 2.24) is 4.90 Å². The highest BCUT2D eigenvalue weighted by atomic mass is 19.3. The van der Waals surface area contributed by atoms with Gasteiger partial charge in [0.05, 0.1) is 5.92 Å². The molecule has 0 bridgehead atoms. The third-order valence-electron chi connectivity index (χ3n) is 2.38. The predicted octanol–water partition coefficient (Wildman–Crippen LogP) is 0.820. The van der Waals surface area contributed by atoms with Crippen molar-refractivity contribution in [2.24, 2.45) is 5.92 Å². The molecule has 0 aromatic rings. The van der Waals surface area contributed by atoms with Gasteiger partial charge in [0, 0.05) is 13.1 Å². The van der Waals surface area contributed by atoms with Gasteiger partial charge in [0.25, 0.3) is 5.91 Å². The van der Waals surface area contributed by atoms with Crippen LogP contribution in [0.25, 0.3) is 0 Å². The van der Waals surface area contributed by atoms with E-state index in [1.807, 2.05) is 0 Å². The average Bonchev–Trinajstić information content (AvgIpc) is 2.64. The second kappa shape index (κ2) is 4.26. The normalized spacial score (nSPS) is 21.6. The molecule has 1 heterocycles. The summed E-state index contributed by atoms with van der Waals surface area (Å²) in [7, 11) is 0. The minimum absolute atomic E-state index is 0.000388. The summed E-state index contributed by atoms with van der Waals surface area (Å²) in [5, 5.41) is 8.55. The quantitative estimate of drug-likeness (QED) is 0.746. The summed E-state index contributed by atoms with van der Waals surface area (Å²) in [6.45, 7) is -0.686. The number of carbonyl (C=O) groups is 2. The van der Waals surface area contributed by atoms with Crippen LogP contribution in [0.15, 0.2) is 0 Å². The highest BCUT2D eigenvalue weighted by Crippen LogP contribution is 2.28.